The number of aliphatic hydroxyl groups excluding tert-OH is 6. The van der Waals surface area contributed by atoms with E-state index in [4.69, 9.17) is 37.9 Å². The molecule has 360 valence electrons. The van der Waals surface area contributed by atoms with Gasteiger partial charge in [0.15, 0.2) is 18.9 Å². The third kappa shape index (κ3) is 7.76. The summed E-state index contributed by atoms with van der Waals surface area (Å²) in [6, 6.07) is 0. The highest BCUT2D eigenvalue weighted by atomic mass is 16.8. The van der Waals surface area contributed by atoms with Crippen LogP contribution in [-0.2, 0) is 47.5 Å². The monoisotopic (exact) mass is 904 g/mol. The number of carbonyl (C=O) groups excluding carboxylic acids is 2. The van der Waals surface area contributed by atoms with Crippen LogP contribution in [0.4, 0.5) is 0 Å². The Morgan fingerprint density at radius 3 is 2.17 bits per heavy atom. The van der Waals surface area contributed by atoms with Gasteiger partial charge in [0.25, 0.3) is 0 Å². The zero-order valence-electron chi connectivity index (χ0n) is 38.8. The molecule has 0 amide bonds. The van der Waals surface area contributed by atoms with Gasteiger partial charge in [-0.1, -0.05) is 57.1 Å². The predicted molar refractivity (Wildman–Crippen MR) is 226 cm³/mol. The molecule has 8 aliphatic rings. The van der Waals surface area contributed by atoms with Gasteiger partial charge in [-0.2, -0.15) is 0 Å². The standard InChI is InChI=1S/C48H72O16/c1-23(2)11-10-16-47(9)39-31(60-25(4)49)20-46(8)27-12-13-32-44(5,6)33(15-17-45(32,7)26(27)14-18-48(39,46)43(56)64-47)61-41-38(35(54)30(52)22-58-41)63-42-37(28(50)19-24(3)59-42)62-40-36(55)34(53)29(51)21-57-40/h10-12,16,24,26,28-42,50-55H,13-15,17-22H2,1-9H3/b16-10-/t24-,26-,28+,29-,30-,31+,32+,33+,34+,35+,36-,37-,38-,39-,40+,41+,42+,45-,46+,47+,48-/m1/s1. The highest BCUT2D eigenvalue weighted by Gasteiger charge is 2.79. The van der Waals surface area contributed by atoms with Crippen molar-refractivity contribution in [2.75, 3.05) is 13.2 Å². The van der Waals surface area contributed by atoms with Crippen LogP contribution in [0.25, 0.3) is 0 Å². The summed E-state index contributed by atoms with van der Waals surface area (Å²) in [5.74, 6) is -0.693. The van der Waals surface area contributed by atoms with E-state index in [0.29, 0.717) is 19.3 Å². The first-order chi connectivity index (χ1) is 30.0. The smallest absolute Gasteiger partial charge is 0.314 e. The summed E-state index contributed by atoms with van der Waals surface area (Å²) >= 11 is 0. The molecule has 4 aliphatic carbocycles. The van der Waals surface area contributed by atoms with Crippen LogP contribution < -0.4 is 0 Å². The minimum Gasteiger partial charge on any atom is -0.462 e. The lowest BCUT2D eigenvalue weighted by Crippen LogP contribution is -2.63. The highest BCUT2D eigenvalue weighted by molar-refractivity contribution is 5.84. The number of esters is 2. The van der Waals surface area contributed by atoms with Gasteiger partial charge in [0, 0.05) is 18.8 Å². The van der Waals surface area contributed by atoms with E-state index in [1.807, 2.05) is 39.0 Å². The molecule has 8 rings (SSSR count). The number of fused-ring (bicyclic) bond motifs is 4. The lowest BCUT2D eigenvalue weighted by atomic mass is 9.41. The fourth-order valence-corrected chi connectivity index (χ4v) is 13.9. The minimum absolute atomic E-state index is 0.129. The lowest BCUT2D eigenvalue weighted by Gasteiger charge is -2.63. The van der Waals surface area contributed by atoms with Crippen molar-refractivity contribution in [3.63, 3.8) is 0 Å². The Kier molecular flexibility index (Phi) is 13.0. The van der Waals surface area contributed by atoms with Gasteiger partial charge in [0.1, 0.15) is 54.4 Å². The molecular weight excluding hydrogens is 833 g/mol. The van der Waals surface area contributed by atoms with E-state index in [1.165, 1.54) is 12.5 Å². The van der Waals surface area contributed by atoms with Crippen molar-refractivity contribution in [3.8, 4) is 0 Å². The Balaban J connectivity index is 1.04. The molecule has 64 heavy (non-hydrogen) atoms. The Labute approximate surface area is 376 Å². The fourth-order valence-electron chi connectivity index (χ4n) is 13.9. The zero-order valence-corrected chi connectivity index (χ0v) is 38.8. The Hall–Kier alpha value is -2.32. The van der Waals surface area contributed by atoms with Gasteiger partial charge in [0.05, 0.1) is 42.9 Å². The van der Waals surface area contributed by atoms with Crippen molar-refractivity contribution in [1.29, 1.82) is 0 Å². The molecule has 1 spiro atoms. The molecule has 16 nitrogen and oxygen atoms in total. The third-order valence-corrected chi connectivity index (χ3v) is 17.0. The number of carbonyl (C=O) groups is 2. The second-order valence-electron chi connectivity index (χ2n) is 21.7. The third-order valence-electron chi connectivity index (χ3n) is 17.0. The van der Waals surface area contributed by atoms with Crippen molar-refractivity contribution in [3.05, 3.63) is 35.5 Å². The van der Waals surface area contributed by atoms with E-state index in [0.717, 1.165) is 24.8 Å². The molecule has 16 heteroatoms. The molecule has 4 heterocycles. The lowest BCUT2D eigenvalue weighted by molar-refractivity contribution is -0.376. The van der Waals surface area contributed by atoms with Gasteiger partial charge in [-0.25, -0.2) is 0 Å². The summed E-state index contributed by atoms with van der Waals surface area (Å²) in [6.07, 6.45) is -3.99. The molecule has 4 saturated heterocycles. The van der Waals surface area contributed by atoms with Crippen LogP contribution in [0.5, 0.6) is 0 Å². The molecule has 0 unspecified atom stereocenters. The summed E-state index contributed by atoms with van der Waals surface area (Å²) in [5.41, 5.74) is -0.721. The molecule has 4 aliphatic heterocycles. The SMILES string of the molecule is CC(=O)O[C@H]1C[C@@]2(C)C3=CC[C@H]4C(C)(C)[C@@H](O[C@@H]5OC[C@@H](O)[C@H](O)[C@H]5O[C@@H]5O[C@H](C)C[C@H](O)[C@H]5O[C@@H]5OC[C@@H](O)[C@H](O)[C@H]5O)CC[C@]4(C)[C@@H]3CC[C@@]23C(=O)O[C@@](C)(/C=C\C=C(C)C)[C@@H]13. The van der Waals surface area contributed by atoms with Crippen molar-refractivity contribution in [2.45, 2.75) is 199 Å². The average Bonchev–Trinajstić information content (AvgIpc) is 3.61. The second kappa shape index (κ2) is 17.3. The van der Waals surface area contributed by atoms with E-state index in [1.54, 1.807) is 6.92 Å². The summed E-state index contributed by atoms with van der Waals surface area (Å²) in [7, 11) is 0. The van der Waals surface area contributed by atoms with Gasteiger partial charge in [0.2, 0.25) is 0 Å². The van der Waals surface area contributed by atoms with E-state index in [-0.39, 0.29) is 60.8 Å². The average molecular weight is 905 g/mol. The summed E-state index contributed by atoms with van der Waals surface area (Å²) in [6.45, 7) is 17.6. The quantitative estimate of drug-likeness (QED) is 0.111. The van der Waals surface area contributed by atoms with Crippen molar-refractivity contribution >= 4 is 11.9 Å². The number of allylic oxidation sites excluding steroid dienone is 5. The molecule has 3 saturated carbocycles. The normalized spacial score (nSPS) is 51.0. The molecule has 6 N–H and O–H groups in total. The van der Waals surface area contributed by atoms with Crippen LogP contribution in [0.2, 0.25) is 0 Å². The van der Waals surface area contributed by atoms with Crippen LogP contribution in [0.1, 0.15) is 107 Å². The summed E-state index contributed by atoms with van der Waals surface area (Å²) < 4.78 is 49.4. The van der Waals surface area contributed by atoms with Gasteiger partial charge in [-0.15, -0.1) is 0 Å². The second-order valence-corrected chi connectivity index (χ2v) is 21.7. The molecule has 0 aromatic rings. The molecule has 21 atom stereocenters. The van der Waals surface area contributed by atoms with Gasteiger partial charge in [-0.3, -0.25) is 9.59 Å². The maximum atomic E-state index is 14.5. The number of aliphatic hydroxyl groups is 6. The van der Waals surface area contributed by atoms with Gasteiger partial charge < -0.3 is 68.5 Å². The number of ether oxygens (including phenoxy) is 8. The molecule has 0 aromatic heterocycles. The van der Waals surface area contributed by atoms with Gasteiger partial charge >= 0.3 is 11.9 Å². The minimum atomic E-state index is -1.64. The number of hydrogen-bond donors (Lipinski definition) is 6. The zero-order chi connectivity index (χ0) is 46.5. The highest BCUT2D eigenvalue weighted by Crippen LogP contribution is 2.76. The summed E-state index contributed by atoms with van der Waals surface area (Å²) in [4.78, 5) is 27.2. The van der Waals surface area contributed by atoms with Crippen LogP contribution in [0, 0.1) is 39.4 Å². The van der Waals surface area contributed by atoms with Crippen LogP contribution in [0.15, 0.2) is 35.5 Å². The predicted octanol–water partition coefficient (Wildman–Crippen LogP) is 3.12. The fraction of sp³-hybridized carbons (Fsp3) is 0.833. The molecular formula is C48H72O16. The number of cyclic esters (lactones) is 1. The van der Waals surface area contributed by atoms with Crippen molar-refractivity contribution in [2.24, 2.45) is 39.4 Å². The molecule has 0 bridgehead atoms. The Bertz CT molecular complexity index is 1860. The maximum Gasteiger partial charge on any atom is 0.314 e. The van der Waals surface area contributed by atoms with E-state index in [9.17, 15) is 40.2 Å². The number of rotatable bonds is 9. The Morgan fingerprint density at radius 1 is 0.812 bits per heavy atom. The molecule has 0 aromatic carbocycles. The Morgan fingerprint density at radius 2 is 1.48 bits per heavy atom. The number of hydrogen-bond acceptors (Lipinski definition) is 16. The van der Waals surface area contributed by atoms with Gasteiger partial charge in [-0.05, 0) is 95.0 Å². The summed E-state index contributed by atoms with van der Waals surface area (Å²) in [5, 5.41) is 64.3. The van der Waals surface area contributed by atoms with Crippen LogP contribution in [0.3, 0.4) is 0 Å². The first kappa shape index (κ1) is 48.1. The molecule has 7 fully saturated rings. The van der Waals surface area contributed by atoms with E-state index < -0.39 is 102 Å². The first-order valence-corrected chi connectivity index (χ1v) is 23.4. The van der Waals surface area contributed by atoms with Crippen molar-refractivity contribution in [1.82, 2.24) is 0 Å². The van der Waals surface area contributed by atoms with E-state index in [2.05, 4.69) is 33.8 Å². The molecule has 0 radical (unpaired) electrons. The van der Waals surface area contributed by atoms with Crippen LogP contribution >= 0.6 is 0 Å². The maximum absolute atomic E-state index is 14.5. The van der Waals surface area contributed by atoms with E-state index >= 15 is 0 Å². The largest absolute Gasteiger partial charge is 0.462 e. The van der Waals surface area contributed by atoms with Crippen LogP contribution in [-0.4, -0.2) is 147 Å². The topological polar surface area (TPSA) is 229 Å². The first-order valence-electron chi connectivity index (χ1n) is 23.4. The van der Waals surface area contributed by atoms with Crippen molar-refractivity contribution < 1.29 is 78.1 Å².